The SMILES string of the molecule is COc1cc(C=NNC(N)=S)cc(Br)c1OCC(N)=O. The Morgan fingerprint density at radius 3 is 2.80 bits per heavy atom. The second-order valence-electron chi connectivity index (χ2n) is 3.52. The van der Waals surface area contributed by atoms with E-state index in [0.29, 0.717) is 21.5 Å². The molecular formula is C11H13BrN4O3S. The molecule has 0 saturated carbocycles. The molecule has 0 spiro atoms. The number of methoxy groups -OCH3 is 1. The van der Waals surface area contributed by atoms with Gasteiger partial charge in [-0.1, -0.05) is 0 Å². The van der Waals surface area contributed by atoms with Gasteiger partial charge in [-0.2, -0.15) is 5.10 Å². The first kappa shape index (κ1) is 16.2. The third-order valence-electron chi connectivity index (χ3n) is 2.00. The number of halogens is 1. The maximum atomic E-state index is 10.7. The highest BCUT2D eigenvalue weighted by Gasteiger charge is 2.12. The van der Waals surface area contributed by atoms with Gasteiger partial charge in [0.25, 0.3) is 5.91 Å². The summed E-state index contributed by atoms with van der Waals surface area (Å²) in [6, 6.07) is 3.40. The highest BCUT2D eigenvalue weighted by Crippen LogP contribution is 2.36. The Morgan fingerprint density at radius 1 is 1.55 bits per heavy atom. The van der Waals surface area contributed by atoms with E-state index in [4.69, 9.17) is 20.9 Å². The zero-order valence-electron chi connectivity index (χ0n) is 10.6. The number of hydrogen-bond donors (Lipinski definition) is 3. The lowest BCUT2D eigenvalue weighted by molar-refractivity contribution is -0.119. The lowest BCUT2D eigenvalue weighted by atomic mass is 10.2. The van der Waals surface area contributed by atoms with Gasteiger partial charge < -0.3 is 20.9 Å². The first-order chi connectivity index (χ1) is 9.43. The standard InChI is InChI=1S/C11H13BrN4O3S/c1-18-8-3-6(4-15-16-11(14)20)2-7(12)10(8)19-5-9(13)17/h2-4H,5H2,1H3,(H2,13,17)(H3,14,16,20). The number of carbonyl (C=O) groups is 1. The van der Waals surface area contributed by atoms with E-state index in [-0.39, 0.29) is 11.7 Å². The molecule has 1 aromatic carbocycles. The zero-order chi connectivity index (χ0) is 15.1. The fraction of sp³-hybridized carbons (Fsp3) is 0.182. The van der Waals surface area contributed by atoms with E-state index < -0.39 is 5.91 Å². The van der Waals surface area contributed by atoms with Gasteiger partial charge in [-0.05, 0) is 45.8 Å². The Morgan fingerprint density at radius 2 is 2.25 bits per heavy atom. The molecule has 0 radical (unpaired) electrons. The number of primary amides is 1. The van der Waals surface area contributed by atoms with E-state index in [1.807, 2.05) is 0 Å². The molecule has 1 amide bonds. The summed E-state index contributed by atoms with van der Waals surface area (Å²) in [7, 11) is 1.48. The van der Waals surface area contributed by atoms with Gasteiger partial charge in [0.15, 0.2) is 23.2 Å². The molecule has 0 aromatic heterocycles. The van der Waals surface area contributed by atoms with Gasteiger partial charge in [0.05, 0.1) is 17.8 Å². The minimum absolute atomic E-state index is 0.0636. The molecule has 7 nitrogen and oxygen atoms in total. The Kier molecular flexibility index (Phi) is 6.19. The number of carbonyl (C=O) groups excluding carboxylic acids is 1. The Balaban J connectivity index is 2.97. The fourth-order valence-electron chi connectivity index (χ4n) is 1.27. The van der Waals surface area contributed by atoms with Gasteiger partial charge in [0, 0.05) is 0 Å². The van der Waals surface area contributed by atoms with Crippen LogP contribution in [0.1, 0.15) is 5.56 Å². The normalized spacial score (nSPS) is 10.3. The number of thiocarbonyl (C=S) groups is 1. The third-order valence-corrected chi connectivity index (χ3v) is 2.68. The van der Waals surface area contributed by atoms with Crippen LogP contribution in [0.5, 0.6) is 11.5 Å². The average molecular weight is 361 g/mol. The van der Waals surface area contributed by atoms with Crippen LogP contribution in [0.3, 0.4) is 0 Å². The smallest absolute Gasteiger partial charge is 0.255 e. The molecule has 0 bridgehead atoms. The average Bonchev–Trinajstić information content (AvgIpc) is 2.36. The number of hydrazone groups is 1. The van der Waals surface area contributed by atoms with Crippen LogP contribution < -0.4 is 26.4 Å². The quantitative estimate of drug-likeness (QED) is 0.386. The number of hydrogen-bond acceptors (Lipinski definition) is 5. The maximum Gasteiger partial charge on any atom is 0.255 e. The van der Waals surface area contributed by atoms with Crippen molar-refractivity contribution in [3.63, 3.8) is 0 Å². The molecule has 0 aliphatic rings. The van der Waals surface area contributed by atoms with Crippen LogP contribution in [-0.2, 0) is 4.79 Å². The summed E-state index contributed by atoms with van der Waals surface area (Å²) in [4.78, 5) is 10.7. The van der Waals surface area contributed by atoms with Gasteiger partial charge in [0.1, 0.15) is 0 Å². The number of nitrogens with two attached hydrogens (primary N) is 2. The zero-order valence-corrected chi connectivity index (χ0v) is 13.0. The summed E-state index contributed by atoms with van der Waals surface area (Å²) in [6.07, 6.45) is 1.50. The van der Waals surface area contributed by atoms with Crippen LogP contribution in [0.15, 0.2) is 21.7 Å². The van der Waals surface area contributed by atoms with Gasteiger partial charge in [-0.15, -0.1) is 0 Å². The molecular weight excluding hydrogens is 348 g/mol. The van der Waals surface area contributed by atoms with Crippen molar-refractivity contribution in [2.75, 3.05) is 13.7 Å². The molecule has 0 saturated heterocycles. The van der Waals surface area contributed by atoms with Crippen molar-refractivity contribution in [1.82, 2.24) is 5.43 Å². The van der Waals surface area contributed by atoms with Crippen molar-refractivity contribution in [1.29, 1.82) is 0 Å². The second-order valence-corrected chi connectivity index (χ2v) is 4.82. The lowest BCUT2D eigenvalue weighted by Gasteiger charge is -2.12. The van der Waals surface area contributed by atoms with Crippen molar-refractivity contribution in [2.24, 2.45) is 16.6 Å². The third kappa shape index (κ3) is 5.02. The van der Waals surface area contributed by atoms with Crippen LogP contribution in [0.4, 0.5) is 0 Å². The van der Waals surface area contributed by atoms with Crippen LogP contribution >= 0.6 is 28.1 Å². The Bertz CT molecular complexity index is 551. The van der Waals surface area contributed by atoms with Crippen molar-refractivity contribution < 1.29 is 14.3 Å². The summed E-state index contributed by atoms with van der Waals surface area (Å²) in [5, 5.41) is 3.89. The minimum Gasteiger partial charge on any atom is -0.493 e. The maximum absolute atomic E-state index is 10.7. The summed E-state index contributed by atoms with van der Waals surface area (Å²) in [5.41, 5.74) is 13.4. The van der Waals surface area contributed by atoms with E-state index in [0.717, 1.165) is 0 Å². The second kappa shape index (κ2) is 7.65. The Hall–Kier alpha value is -1.87. The van der Waals surface area contributed by atoms with E-state index in [9.17, 15) is 4.79 Å². The van der Waals surface area contributed by atoms with Gasteiger partial charge >= 0.3 is 0 Å². The monoisotopic (exact) mass is 360 g/mol. The topological polar surface area (TPSA) is 112 Å². The predicted molar refractivity (Wildman–Crippen MR) is 82.9 cm³/mol. The van der Waals surface area contributed by atoms with Crippen molar-refractivity contribution >= 4 is 45.4 Å². The molecule has 108 valence electrons. The summed E-state index contributed by atoms with van der Waals surface area (Å²) in [6.45, 7) is -0.245. The number of amides is 1. The Labute approximate surface area is 129 Å². The molecule has 0 heterocycles. The summed E-state index contributed by atoms with van der Waals surface area (Å²) >= 11 is 7.94. The number of nitrogens with one attached hydrogen (secondary N) is 1. The van der Waals surface area contributed by atoms with Crippen molar-refractivity contribution in [3.05, 3.63) is 22.2 Å². The van der Waals surface area contributed by atoms with Gasteiger partial charge in [-0.25, -0.2) is 0 Å². The van der Waals surface area contributed by atoms with E-state index in [1.54, 1.807) is 12.1 Å². The largest absolute Gasteiger partial charge is 0.493 e. The first-order valence-corrected chi connectivity index (χ1v) is 6.51. The first-order valence-electron chi connectivity index (χ1n) is 5.31. The van der Waals surface area contributed by atoms with Crippen molar-refractivity contribution in [3.8, 4) is 11.5 Å². The number of benzene rings is 1. The molecule has 5 N–H and O–H groups in total. The number of rotatable bonds is 6. The van der Waals surface area contributed by atoms with Gasteiger partial charge in [-0.3, -0.25) is 10.2 Å². The number of nitrogens with zero attached hydrogens (tertiary/aromatic N) is 1. The molecule has 1 aromatic rings. The highest BCUT2D eigenvalue weighted by molar-refractivity contribution is 9.10. The van der Waals surface area contributed by atoms with Crippen LogP contribution in [-0.4, -0.2) is 31.0 Å². The predicted octanol–water partition coefficient (Wildman–Crippen LogP) is 0.489. The van der Waals surface area contributed by atoms with Crippen LogP contribution in [0.25, 0.3) is 0 Å². The molecule has 0 aliphatic heterocycles. The summed E-state index contributed by atoms with van der Waals surface area (Å²) in [5.74, 6) is 0.230. The van der Waals surface area contributed by atoms with E-state index in [1.165, 1.54) is 13.3 Å². The van der Waals surface area contributed by atoms with E-state index >= 15 is 0 Å². The highest BCUT2D eigenvalue weighted by atomic mass is 79.9. The van der Waals surface area contributed by atoms with Crippen LogP contribution in [0, 0.1) is 0 Å². The van der Waals surface area contributed by atoms with Crippen molar-refractivity contribution in [2.45, 2.75) is 0 Å². The number of ether oxygens (including phenoxy) is 2. The molecule has 20 heavy (non-hydrogen) atoms. The van der Waals surface area contributed by atoms with Gasteiger partial charge in [0.2, 0.25) is 0 Å². The summed E-state index contributed by atoms with van der Waals surface area (Å²) < 4.78 is 11.0. The molecule has 1 rings (SSSR count). The molecule has 0 aliphatic carbocycles. The molecule has 0 unspecified atom stereocenters. The molecule has 9 heteroatoms. The minimum atomic E-state index is -0.578. The lowest BCUT2D eigenvalue weighted by Crippen LogP contribution is -2.24. The molecule has 0 fully saturated rings. The van der Waals surface area contributed by atoms with E-state index in [2.05, 4.69) is 38.7 Å². The van der Waals surface area contributed by atoms with Crippen LogP contribution in [0.2, 0.25) is 0 Å². The molecule has 0 atom stereocenters. The fourth-order valence-corrected chi connectivity index (χ4v) is 1.90.